The molecule has 0 bridgehead atoms. The van der Waals surface area contributed by atoms with Gasteiger partial charge in [-0.3, -0.25) is 0 Å². The van der Waals surface area contributed by atoms with Crippen molar-refractivity contribution in [2.75, 3.05) is 26.7 Å². The molecular formula is C14H21FN2O2S. The summed E-state index contributed by atoms with van der Waals surface area (Å²) in [7, 11) is -2.05. The van der Waals surface area contributed by atoms with E-state index in [4.69, 9.17) is 0 Å². The van der Waals surface area contributed by atoms with E-state index in [9.17, 15) is 12.8 Å². The number of rotatable bonds is 4. The smallest absolute Gasteiger partial charge is 0.242 e. The van der Waals surface area contributed by atoms with Gasteiger partial charge in [-0.05, 0) is 56.5 Å². The standard InChI is InChI=1S/C14H21FN2O2S/c1-11-5-6-13(8-14(11)15)20(18,19)17(2)10-12-4-3-7-16-9-12/h5-6,8,12,16H,3-4,7,9-10H2,1-2H3. The van der Waals surface area contributed by atoms with E-state index in [-0.39, 0.29) is 4.90 Å². The average Bonchev–Trinajstić information content (AvgIpc) is 2.42. The minimum atomic E-state index is -3.61. The van der Waals surface area contributed by atoms with Crippen LogP contribution < -0.4 is 5.32 Å². The Balaban J connectivity index is 2.13. The zero-order chi connectivity index (χ0) is 14.8. The van der Waals surface area contributed by atoms with E-state index < -0.39 is 15.8 Å². The summed E-state index contributed by atoms with van der Waals surface area (Å²) in [6, 6.07) is 4.06. The molecule has 0 radical (unpaired) electrons. The lowest BCUT2D eigenvalue weighted by atomic mass is 10.00. The van der Waals surface area contributed by atoms with Crippen molar-refractivity contribution in [2.45, 2.75) is 24.7 Å². The summed E-state index contributed by atoms with van der Waals surface area (Å²) in [5.41, 5.74) is 0.447. The first-order valence-electron chi connectivity index (χ1n) is 6.84. The molecule has 0 amide bonds. The zero-order valence-electron chi connectivity index (χ0n) is 11.9. The van der Waals surface area contributed by atoms with Gasteiger partial charge in [-0.25, -0.2) is 17.1 Å². The number of hydrogen-bond donors (Lipinski definition) is 1. The lowest BCUT2D eigenvalue weighted by Crippen LogP contribution is -2.39. The SMILES string of the molecule is Cc1ccc(S(=O)(=O)N(C)CC2CCCNC2)cc1F. The molecule has 0 aliphatic carbocycles. The normalized spacial score (nSPS) is 20.3. The molecule has 4 nitrogen and oxygen atoms in total. The average molecular weight is 300 g/mol. The Morgan fingerprint density at radius 3 is 2.80 bits per heavy atom. The third-order valence-corrected chi connectivity index (χ3v) is 5.59. The Labute approximate surface area is 120 Å². The second kappa shape index (κ2) is 6.20. The molecule has 20 heavy (non-hydrogen) atoms. The van der Waals surface area contributed by atoms with Gasteiger partial charge < -0.3 is 5.32 Å². The largest absolute Gasteiger partial charge is 0.316 e. The van der Waals surface area contributed by atoms with Crippen molar-refractivity contribution in [3.63, 3.8) is 0 Å². The van der Waals surface area contributed by atoms with E-state index in [1.807, 2.05) is 0 Å². The fraction of sp³-hybridized carbons (Fsp3) is 0.571. The topological polar surface area (TPSA) is 49.4 Å². The lowest BCUT2D eigenvalue weighted by molar-refractivity contribution is 0.314. The van der Waals surface area contributed by atoms with Gasteiger partial charge in [-0.1, -0.05) is 6.07 Å². The summed E-state index contributed by atoms with van der Waals surface area (Å²) in [6.45, 7) is 3.91. The van der Waals surface area contributed by atoms with Gasteiger partial charge in [0.1, 0.15) is 5.82 Å². The van der Waals surface area contributed by atoms with Crippen molar-refractivity contribution in [1.82, 2.24) is 9.62 Å². The minimum absolute atomic E-state index is 0.0202. The van der Waals surface area contributed by atoms with Crippen LogP contribution in [0.1, 0.15) is 18.4 Å². The van der Waals surface area contributed by atoms with Crippen LogP contribution in [-0.4, -0.2) is 39.4 Å². The molecule has 1 saturated heterocycles. The quantitative estimate of drug-likeness (QED) is 0.922. The van der Waals surface area contributed by atoms with Gasteiger partial charge in [0.2, 0.25) is 10.0 Å². The maximum Gasteiger partial charge on any atom is 0.242 e. The Kier molecular flexibility index (Phi) is 4.78. The molecule has 1 aromatic rings. The van der Waals surface area contributed by atoms with Crippen LogP contribution in [0.2, 0.25) is 0 Å². The molecule has 1 unspecified atom stereocenters. The first kappa shape index (κ1) is 15.4. The van der Waals surface area contributed by atoms with Gasteiger partial charge in [0.25, 0.3) is 0 Å². The van der Waals surface area contributed by atoms with E-state index in [0.717, 1.165) is 32.0 Å². The Morgan fingerprint density at radius 2 is 2.20 bits per heavy atom. The highest BCUT2D eigenvalue weighted by Crippen LogP contribution is 2.20. The fourth-order valence-electron chi connectivity index (χ4n) is 2.46. The summed E-state index contributed by atoms with van der Waals surface area (Å²) < 4.78 is 39.7. The van der Waals surface area contributed by atoms with Crippen molar-refractivity contribution < 1.29 is 12.8 Å². The molecule has 1 heterocycles. The number of nitrogens with one attached hydrogen (secondary N) is 1. The van der Waals surface area contributed by atoms with Crippen LogP contribution in [0.4, 0.5) is 4.39 Å². The van der Waals surface area contributed by atoms with Crippen molar-refractivity contribution in [1.29, 1.82) is 0 Å². The number of nitrogens with zero attached hydrogens (tertiary/aromatic N) is 1. The molecule has 1 atom stereocenters. The fourth-order valence-corrected chi connectivity index (χ4v) is 3.71. The summed E-state index contributed by atoms with van der Waals surface area (Å²) in [4.78, 5) is 0.0202. The Bertz CT molecular complexity index is 569. The van der Waals surface area contributed by atoms with Crippen LogP contribution in [0.5, 0.6) is 0 Å². The third kappa shape index (κ3) is 3.37. The predicted octanol–water partition coefficient (Wildman–Crippen LogP) is 1.75. The Hall–Kier alpha value is -0.980. The van der Waals surface area contributed by atoms with Crippen LogP contribution >= 0.6 is 0 Å². The summed E-state index contributed by atoms with van der Waals surface area (Å²) in [6.07, 6.45) is 2.09. The molecule has 0 spiro atoms. The molecule has 112 valence electrons. The van der Waals surface area contributed by atoms with E-state index in [1.165, 1.54) is 16.4 Å². The van der Waals surface area contributed by atoms with Crippen LogP contribution in [0.15, 0.2) is 23.1 Å². The van der Waals surface area contributed by atoms with Crippen molar-refractivity contribution in [3.05, 3.63) is 29.6 Å². The van der Waals surface area contributed by atoms with Crippen LogP contribution in [-0.2, 0) is 10.0 Å². The number of sulfonamides is 1. The van der Waals surface area contributed by atoms with Crippen molar-refractivity contribution >= 4 is 10.0 Å². The molecule has 2 rings (SSSR count). The highest BCUT2D eigenvalue weighted by atomic mass is 32.2. The number of aryl methyl sites for hydroxylation is 1. The molecule has 0 aromatic heterocycles. The van der Waals surface area contributed by atoms with Gasteiger partial charge >= 0.3 is 0 Å². The van der Waals surface area contributed by atoms with Gasteiger partial charge in [-0.15, -0.1) is 0 Å². The lowest BCUT2D eigenvalue weighted by Gasteiger charge is -2.27. The van der Waals surface area contributed by atoms with Gasteiger partial charge in [0.05, 0.1) is 4.90 Å². The maximum atomic E-state index is 13.5. The highest BCUT2D eigenvalue weighted by Gasteiger charge is 2.25. The van der Waals surface area contributed by atoms with Crippen molar-refractivity contribution in [2.24, 2.45) is 5.92 Å². The van der Waals surface area contributed by atoms with Crippen LogP contribution in [0, 0.1) is 18.7 Å². The maximum absolute atomic E-state index is 13.5. The summed E-state index contributed by atoms with van der Waals surface area (Å²) in [5, 5.41) is 3.27. The molecule has 1 N–H and O–H groups in total. The van der Waals surface area contributed by atoms with E-state index in [0.29, 0.717) is 18.0 Å². The Morgan fingerprint density at radius 1 is 1.45 bits per heavy atom. The molecule has 6 heteroatoms. The predicted molar refractivity (Wildman–Crippen MR) is 76.5 cm³/mol. The molecule has 0 saturated carbocycles. The number of benzene rings is 1. The van der Waals surface area contributed by atoms with Gasteiger partial charge in [-0.2, -0.15) is 0 Å². The monoisotopic (exact) mass is 300 g/mol. The number of halogens is 1. The van der Waals surface area contributed by atoms with Crippen LogP contribution in [0.25, 0.3) is 0 Å². The second-order valence-corrected chi connectivity index (χ2v) is 7.45. The molecule has 1 fully saturated rings. The highest BCUT2D eigenvalue weighted by molar-refractivity contribution is 7.89. The van der Waals surface area contributed by atoms with E-state index in [1.54, 1.807) is 14.0 Å². The number of piperidine rings is 1. The summed E-state index contributed by atoms with van der Waals surface area (Å²) >= 11 is 0. The second-order valence-electron chi connectivity index (χ2n) is 5.41. The third-order valence-electron chi connectivity index (χ3n) is 3.77. The molecule has 1 aliphatic heterocycles. The van der Waals surface area contributed by atoms with E-state index in [2.05, 4.69) is 5.32 Å². The molecule has 1 aliphatic rings. The van der Waals surface area contributed by atoms with E-state index >= 15 is 0 Å². The van der Waals surface area contributed by atoms with Crippen LogP contribution in [0.3, 0.4) is 0 Å². The van der Waals surface area contributed by atoms with Gasteiger partial charge in [0.15, 0.2) is 0 Å². The van der Waals surface area contributed by atoms with Crippen molar-refractivity contribution in [3.8, 4) is 0 Å². The molecule has 1 aromatic carbocycles. The minimum Gasteiger partial charge on any atom is -0.316 e. The number of hydrogen-bond acceptors (Lipinski definition) is 3. The first-order chi connectivity index (χ1) is 9.41. The van der Waals surface area contributed by atoms with Gasteiger partial charge in [0, 0.05) is 13.6 Å². The summed E-state index contributed by atoms with van der Waals surface area (Å²) in [5.74, 6) is -0.169. The molecular weight excluding hydrogens is 279 g/mol. The first-order valence-corrected chi connectivity index (χ1v) is 8.28. The zero-order valence-corrected chi connectivity index (χ0v) is 12.7.